The molecule has 0 unspecified atom stereocenters. The van der Waals surface area contributed by atoms with E-state index in [4.69, 9.17) is 0 Å². The van der Waals surface area contributed by atoms with Crippen LogP contribution < -0.4 is 5.32 Å². The van der Waals surface area contributed by atoms with Crippen molar-refractivity contribution in [1.82, 2.24) is 0 Å². The zero-order valence-electron chi connectivity index (χ0n) is 11.8. The Morgan fingerprint density at radius 2 is 1.90 bits per heavy atom. The Hall–Kier alpha value is -1.74. The average Bonchev–Trinajstić information content (AvgIpc) is 2.48. The number of hydrogen-bond donors (Lipinski definition) is 1. The summed E-state index contributed by atoms with van der Waals surface area (Å²) in [6.45, 7) is 4.03. The standard InChI is InChI=1S/C17H19NOS/c1-3-14-8-7-9-15(12-14)18-17(19)13(2)20-16-10-5-4-6-11-16/h4-13H,3H2,1-2H3,(H,18,19)/t13-/m1/s1. The molecule has 0 aromatic heterocycles. The number of benzene rings is 2. The van der Waals surface area contributed by atoms with E-state index in [1.807, 2.05) is 55.5 Å². The summed E-state index contributed by atoms with van der Waals surface area (Å²) in [5, 5.41) is 2.85. The van der Waals surface area contributed by atoms with E-state index in [1.165, 1.54) is 5.56 Å². The van der Waals surface area contributed by atoms with Crippen molar-refractivity contribution in [1.29, 1.82) is 0 Å². The monoisotopic (exact) mass is 285 g/mol. The Labute approximate surface area is 124 Å². The molecular formula is C17H19NOS. The van der Waals surface area contributed by atoms with E-state index in [-0.39, 0.29) is 11.2 Å². The summed E-state index contributed by atoms with van der Waals surface area (Å²) in [5.41, 5.74) is 2.10. The summed E-state index contributed by atoms with van der Waals surface area (Å²) in [6.07, 6.45) is 0.970. The molecule has 20 heavy (non-hydrogen) atoms. The van der Waals surface area contributed by atoms with Gasteiger partial charge in [-0.3, -0.25) is 4.79 Å². The van der Waals surface area contributed by atoms with Crippen LogP contribution in [-0.4, -0.2) is 11.2 Å². The number of rotatable bonds is 5. The highest BCUT2D eigenvalue weighted by atomic mass is 32.2. The number of nitrogens with one attached hydrogen (secondary N) is 1. The van der Waals surface area contributed by atoms with Gasteiger partial charge in [0, 0.05) is 10.6 Å². The minimum absolute atomic E-state index is 0.0344. The lowest BCUT2D eigenvalue weighted by atomic mass is 10.1. The zero-order valence-corrected chi connectivity index (χ0v) is 12.6. The number of hydrogen-bond acceptors (Lipinski definition) is 2. The van der Waals surface area contributed by atoms with Crippen molar-refractivity contribution in [2.24, 2.45) is 0 Å². The van der Waals surface area contributed by atoms with Crippen LogP contribution in [0.15, 0.2) is 59.5 Å². The van der Waals surface area contributed by atoms with Crippen LogP contribution in [0.5, 0.6) is 0 Å². The summed E-state index contributed by atoms with van der Waals surface area (Å²) >= 11 is 1.57. The van der Waals surface area contributed by atoms with Crippen LogP contribution in [0.4, 0.5) is 5.69 Å². The van der Waals surface area contributed by atoms with E-state index >= 15 is 0 Å². The molecule has 1 amide bonds. The van der Waals surface area contributed by atoms with Crippen LogP contribution in [0, 0.1) is 0 Å². The molecule has 0 aliphatic carbocycles. The number of carbonyl (C=O) groups is 1. The maximum Gasteiger partial charge on any atom is 0.237 e. The van der Waals surface area contributed by atoms with Crippen LogP contribution in [0.2, 0.25) is 0 Å². The van der Waals surface area contributed by atoms with E-state index in [1.54, 1.807) is 11.8 Å². The molecule has 2 aromatic carbocycles. The van der Waals surface area contributed by atoms with E-state index in [2.05, 4.69) is 18.3 Å². The van der Waals surface area contributed by atoms with Gasteiger partial charge in [0.15, 0.2) is 0 Å². The van der Waals surface area contributed by atoms with Gasteiger partial charge in [0.1, 0.15) is 0 Å². The molecule has 1 atom stereocenters. The Morgan fingerprint density at radius 1 is 1.15 bits per heavy atom. The summed E-state index contributed by atoms with van der Waals surface area (Å²) in [5.74, 6) is 0.0344. The first kappa shape index (κ1) is 14.7. The first-order valence-electron chi connectivity index (χ1n) is 6.80. The molecule has 0 spiro atoms. The minimum Gasteiger partial charge on any atom is -0.325 e. The normalized spacial score (nSPS) is 11.9. The van der Waals surface area contributed by atoms with Crippen LogP contribution >= 0.6 is 11.8 Å². The summed E-state index contributed by atoms with van der Waals surface area (Å²) in [7, 11) is 0. The van der Waals surface area contributed by atoms with Crippen LogP contribution in [-0.2, 0) is 11.2 Å². The Balaban J connectivity index is 1.97. The van der Waals surface area contributed by atoms with Gasteiger partial charge in [0.2, 0.25) is 5.91 Å². The fourth-order valence-corrected chi connectivity index (χ4v) is 2.76. The second-order valence-corrected chi connectivity index (χ2v) is 6.03. The molecule has 104 valence electrons. The van der Waals surface area contributed by atoms with Crippen molar-refractivity contribution in [2.45, 2.75) is 30.4 Å². The molecule has 0 saturated heterocycles. The maximum atomic E-state index is 12.2. The maximum absolute atomic E-state index is 12.2. The molecule has 3 heteroatoms. The second kappa shape index (κ2) is 7.15. The molecule has 0 bridgehead atoms. The van der Waals surface area contributed by atoms with Gasteiger partial charge in [-0.25, -0.2) is 0 Å². The molecule has 0 heterocycles. The van der Waals surface area contributed by atoms with Gasteiger partial charge in [-0.1, -0.05) is 37.3 Å². The largest absolute Gasteiger partial charge is 0.325 e. The first-order chi connectivity index (χ1) is 9.69. The van der Waals surface area contributed by atoms with Gasteiger partial charge < -0.3 is 5.32 Å². The van der Waals surface area contributed by atoms with Crippen molar-refractivity contribution < 1.29 is 4.79 Å². The Bertz CT molecular complexity index is 568. The number of carbonyl (C=O) groups excluding carboxylic acids is 1. The minimum atomic E-state index is -0.123. The fourth-order valence-electron chi connectivity index (χ4n) is 1.87. The van der Waals surface area contributed by atoms with Gasteiger partial charge in [0.05, 0.1) is 5.25 Å². The van der Waals surface area contributed by atoms with Crippen molar-refractivity contribution in [3.63, 3.8) is 0 Å². The molecule has 2 aromatic rings. The summed E-state index contributed by atoms with van der Waals surface area (Å²) < 4.78 is 0. The third kappa shape index (κ3) is 4.14. The Morgan fingerprint density at radius 3 is 2.60 bits per heavy atom. The van der Waals surface area contributed by atoms with E-state index in [9.17, 15) is 4.79 Å². The molecule has 0 aliphatic rings. The van der Waals surface area contributed by atoms with Gasteiger partial charge >= 0.3 is 0 Å². The van der Waals surface area contributed by atoms with E-state index in [0.29, 0.717) is 0 Å². The van der Waals surface area contributed by atoms with Crippen molar-refractivity contribution in [3.8, 4) is 0 Å². The van der Waals surface area contributed by atoms with E-state index in [0.717, 1.165) is 17.0 Å². The third-order valence-electron chi connectivity index (χ3n) is 3.03. The molecule has 0 fully saturated rings. The van der Waals surface area contributed by atoms with Crippen LogP contribution in [0.1, 0.15) is 19.4 Å². The number of amides is 1. The number of aryl methyl sites for hydroxylation is 1. The molecular weight excluding hydrogens is 266 g/mol. The van der Waals surface area contributed by atoms with Gasteiger partial charge in [0.25, 0.3) is 0 Å². The quantitative estimate of drug-likeness (QED) is 0.827. The SMILES string of the molecule is CCc1cccc(NC(=O)[C@@H](C)Sc2ccccc2)c1. The van der Waals surface area contributed by atoms with Crippen molar-refractivity contribution in [2.75, 3.05) is 5.32 Å². The molecule has 1 N–H and O–H groups in total. The average molecular weight is 285 g/mol. The third-order valence-corrected chi connectivity index (χ3v) is 4.14. The first-order valence-corrected chi connectivity index (χ1v) is 7.68. The van der Waals surface area contributed by atoms with Gasteiger partial charge in [-0.05, 0) is 43.2 Å². The predicted molar refractivity (Wildman–Crippen MR) is 86.2 cm³/mol. The molecule has 2 nitrogen and oxygen atoms in total. The van der Waals surface area contributed by atoms with Gasteiger partial charge in [-0.15, -0.1) is 11.8 Å². The summed E-state index contributed by atoms with van der Waals surface area (Å²) in [6, 6.07) is 18.0. The summed E-state index contributed by atoms with van der Waals surface area (Å²) in [4.78, 5) is 13.3. The van der Waals surface area contributed by atoms with Crippen molar-refractivity contribution in [3.05, 3.63) is 60.2 Å². The lowest BCUT2D eigenvalue weighted by Crippen LogP contribution is -2.22. The lowest BCUT2D eigenvalue weighted by Gasteiger charge is -2.12. The fraction of sp³-hybridized carbons (Fsp3) is 0.235. The molecule has 0 aliphatic heterocycles. The van der Waals surface area contributed by atoms with Crippen LogP contribution in [0.3, 0.4) is 0 Å². The topological polar surface area (TPSA) is 29.1 Å². The highest BCUT2D eigenvalue weighted by molar-refractivity contribution is 8.00. The van der Waals surface area contributed by atoms with E-state index < -0.39 is 0 Å². The second-order valence-electron chi connectivity index (χ2n) is 4.62. The highest BCUT2D eigenvalue weighted by Gasteiger charge is 2.14. The highest BCUT2D eigenvalue weighted by Crippen LogP contribution is 2.23. The lowest BCUT2D eigenvalue weighted by molar-refractivity contribution is -0.115. The number of anilines is 1. The van der Waals surface area contributed by atoms with Gasteiger partial charge in [-0.2, -0.15) is 0 Å². The molecule has 0 radical (unpaired) electrons. The van der Waals surface area contributed by atoms with Crippen molar-refractivity contribution >= 4 is 23.4 Å². The smallest absolute Gasteiger partial charge is 0.237 e. The zero-order chi connectivity index (χ0) is 14.4. The Kier molecular flexibility index (Phi) is 5.24. The molecule has 2 rings (SSSR count). The predicted octanol–water partition coefficient (Wildman–Crippen LogP) is 4.37. The van der Waals surface area contributed by atoms with Crippen LogP contribution in [0.25, 0.3) is 0 Å². The molecule has 0 saturated carbocycles. The number of thioether (sulfide) groups is 1.